The van der Waals surface area contributed by atoms with Crippen molar-refractivity contribution in [2.45, 2.75) is 19.8 Å². The SMILES string of the molecule is COC(=O)c1ccc([CH](C)[Bi]([CH3])[CH3])cc1. The predicted octanol–water partition coefficient (Wildman–Crippen LogP) is 2.87. The molecule has 3 heteroatoms. The van der Waals surface area contributed by atoms with Crippen LogP contribution in [-0.2, 0) is 4.74 Å². The van der Waals surface area contributed by atoms with E-state index in [-0.39, 0.29) is 5.97 Å². The van der Waals surface area contributed by atoms with Gasteiger partial charge in [-0.3, -0.25) is 0 Å². The van der Waals surface area contributed by atoms with Crippen molar-refractivity contribution in [3.63, 3.8) is 0 Å². The summed E-state index contributed by atoms with van der Waals surface area (Å²) in [5.41, 5.74) is 1.98. The van der Waals surface area contributed by atoms with E-state index in [9.17, 15) is 4.79 Å². The van der Waals surface area contributed by atoms with E-state index in [0.717, 1.165) is 0 Å². The zero-order chi connectivity index (χ0) is 11.4. The molecular weight excluding hydrogens is 385 g/mol. The number of carbonyl (C=O) groups excluding carboxylic acids is 1. The van der Waals surface area contributed by atoms with Crippen LogP contribution in [0, 0.1) is 0 Å². The molecule has 0 fully saturated rings. The predicted molar refractivity (Wildman–Crippen MR) is 63.7 cm³/mol. The molecule has 0 N–H and O–H groups in total. The van der Waals surface area contributed by atoms with Gasteiger partial charge in [0.2, 0.25) is 0 Å². The van der Waals surface area contributed by atoms with Crippen LogP contribution in [0.2, 0.25) is 9.26 Å². The van der Waals surface area contributed by atoms with Crippen LogP contribution in [0.15, 0.2) is 24.3 Å². The first-order valence-electron chi connectivity index (χ1n) is 4.91. The molecule has 15 heavy (non-hydrogen) atoms. The average Bonchev–Trinajstić information content (AvgIpc) is 2.27. The molecule has 0 heterocycles. The van der Waals surface area contributed by atoms with Crippen LogP contribution in [0.4, 0.5) is 0 Å². The summed E-state index contributed by atoms with van der Waals surface area (Å²) in [4.78, 5) is 11.2. The summed E-state index contributed by atoms with van der Waals surface area (Å²) in [6.07, 6.45) is 0. The third kappa shape index (κ3) is 3.27. The first-order valence-corrected chi connectivity index (χ1v) is 13.9. The molecule has 0 aliphatic heterocycles. The van der Waals surface area contributed by atoms with E-state index in [1.165, 1.54) is 12.7 Å². The zero-order valence-corrected chi connectivity index (χ0v) is 13.1. The summed E-state index contributed by atoms with van der Waals surface area (Å²) in [6.45, 7) is 2.28. The summed E-state index contributed by atoms with van der Waals surface area (Å²) in [5, 5.41) is 0. The Kier molecular flexibility index (Phi) is 4.72. The minimum atomic E-state index is -1.24. The van der Waals surface area contributed by atoms with E-state index in [1.807, 2.05) is 24.3 Å². The van der Waals surface area contributed by atoms with Crippen molar-refractivity contribution in [3.05, 3.63) is 35.4 Å². The van der Waals surface area contributed by atoms with Crippen molar-refractivity contribution in [1.29, 1.82) is 0 Å². The maximum atomic E-state index is 11.2. The van der Waals surface area contributed by atoms with Gasteiger partial charge in [0, 0.05) is 0 Å². The molecule has 0 aliphatic rings. The van der Waals surface area contributed by atoms with E-state index in [1.54, 1.807) is 0 Å². The molecule has 0 amide bonds. The maximum absolute atomic E-state index is 11.2. The third-order valence-corrected chi connectivity index (χ3v) is 9.77. The Morgan fingerprint density at radius 3 is 2.20 bits per heavy atom. The number of hydrogen-bond donors (Lipinski definition) is 0. The van der Waals surface area contributed by atoms with Crippen LogP contribution >= 0.6 is 0 Å². The number of benzene rings is 1. The normalized spacial score (nSPS) is 12.6. The van der Waals surface area contributed by atoms with Crippen LogP contribution in [0.5, 0.6) is 0 Å². The third-order valence-electron chi connectivity index (χ3n) is 2.59. The van der Waals surface area contributed by atoms with Crippen molar-refractivity contribution < 1.29 is 9.53 Å². The van der Waals surface area contributed by atoms with E-state index in [4.69, 9.17) is 0 Å². The Balaban J connectivity index is 2.85. The van der Waals surface area contributed by atoms with Crippen LogP contribution in [0.1, 0.15) is 26.5 Å². The summed E-state index contributed by atoms with van der Waals surface area (Å²) in [7, 11) is 1.41. The number of esters is 1. The molecule has 1 aromatic carbocycles. The monoisotopic (exact) mass is 402 g/mol. The van der Waals surface area contributed by atoms with Gasteiger partial charge in [0.1, 0.15) is 0 Å². The fourth-order valence-electron chi connectivity index (χ4n) is 1.31. The summed E-state index contributed by atoms with van der Waals surface area (Å²) in [5.74, 6) is -0.262. The fourth-order valence-corrected chi connectivity index (χ4v) is 4.30. The fraction of sp³-hybridized carbons (Fsp3) is 0.417. The second-order valence-corrected chi connectivity index (χ2v) is 14.3. The Morgan fingerprint density at radius 1 is 1.27 bits per heavy atom. The van der Waals surface area contributed by atoms with Crippen molar-refractivity contribution in [1.82, 2.24) is 0 Å². The van der Waals surface area contributed by atoms with Gasteiger partial charge in [-0.25, -0.2) is 0 Å². The van der Waals surface area contributed by atoms with Gasteiger partial charge in [-0.15, -0.1) is 0 Å². The molecule has 0 radical (unpaired) electrons. The van der Waals surface area contributed by atoms with Crippen molar-refractivity contribution in [2.75, 3.05) is 7.11 Å². The number of carbonyl (C=O) groups is 1. The number of methoxy groups -OCH3 is 1. The van der Waals surface area contributed by atoms with Crippen LogP contribution < -0.4 is 0 Å². The van der Waals surface area contributed by atoms with Gasteiger partial charge in [0.15, 0.2) is 0 Å². The molecular formula is C12H17BiO2. The van der Waals surface area contributed by atoms with Gasteiger partial charge >= 0.3 is 99.6 Å². The van der Waals surface area contributed by atoms with E-state index in [0.29, 0.717) is 9.19 Å². The summed E-state index contributed by atoms with van der Waals surface area (Å²) >= 11 is -1.24. The Hall–Kier alpha value is -0.427. The Labute approximate surface area is 99.3 Å². The average molecular weight is 402 g/mol. The second-order valence-electron chi connectivity index (χ2n) is 3.75. The second kappa shape index (κ2) is 5.60. The summed E-state index contributed by atoms with van der Waals surface area (Å²) in [6, 6.07) is 7.80. The van der Waals surface area contributed by atoms with Crippen LogP contribution in [0.25, 0.3) is 0 Å². The van der Waals surface area contributed by atoms with Gasteiger partial charge in [0.25, 0.3) is 0 Å². The molecule has 0 saturated carbocycles. The molecule has 0 bridgehead atoms. The number of rotatable bonds is 3. The molecule has 1 atom stereocenters. The van der Waals surface area contributed by atoms with E-state index in [2.05, 4.69) is 20.9 Å². The van der Waals surface area contributed by atoms with Gasteiger partial charge in [-0.1, -0.05) is 0 Å². The van der Waals surface area contributed by atoms with E-state index >= 15 is 0 Å². The summed E-state index contributed by atoms with van der Waals surface area (Å²) < 4.78 is 10.2. The Bertz CT molecular complexity index is 330. The molecule has 1 unspecified atom stereocenters. The molecule has 2 nitrogen and oxygen atoms in total. The Morgan fingerprint density at radius 2 is 1.80 bits per heavy atom. The molecule has 0 spiro atoms. The van der Waals surface area contributed by atoms with Gasteiger partial charge in [-0.2, -0.15) is 0 Å². The molecule has 0 saturated heterocycles. The first kappa shape index (κ1) is 12.6. The zero-order valence-electron chi connectivity index (χ0n) is 9.65. The first-order chi connectivity index (χ1) is 7.06. The van der Waals surface area contributed by atoms with Crippen LogP contribution in [0.3, 0.4) is 0 Å². The molecule has 0 aromatic heterocycles. The van der Waals surface area contributed by atoms with Crippen molar-refractivity contribution in [3.8, 4) is 0 Å². The van der Waals surface area contributed by atoms with E-state index < -0.39 is 21.8 Å². The molecule has 1 rings (SSSR count). The molecule has 0 aliphatic carbocycles. The minimum absolute atomic E-state index is 0.262. The van der Waals surface area contributed by atoms with Gasteiger partial charge in [-0.05, 0) is 0 Å². The molecule has 82 valence electrons. The number of hydrogen-bond acceptors (Lipinski definition) is 2. The number of ether oxygens (including phenoxy) is 1. The van der Waals surface area contributed by atoms with Crippen LogP contribution in [-0.4, -0.2) is 34.8 Å². The van der Waals surface area contributed by atoms with Gasteiger partial charge < -0.3 is 0 Å². The quantitative estimate of drug-likeness (QED) is 0.574. The molecule has 1 aromatic rings. The van der Waals surface area contributed by atoms with Gasteiger partial charge in [0.05, 0.1) is 0 Å². The standard InChI is InChI=1S/C10H11O2.2CH3.Bi/c1-3-8-4-6-9(7-5-8)10(11)12-2;;;/h3-7H,1-2H3;2*1H3;. The van der Waals surface area contributed by atoms with Crippen molar-refractivity contribution in [2.24, 2.45) is 0 Å². The topological polar surface area (TPSA) is 26.3 Å². The van der Waals surface area contributed by atoms with Crippen molar-refractivity contribution >= 4 is 27.7 Å².